The number of nitrogens with zero attached hydrogens (tertiary/aromatic N) is 3. The van der Waals surface area contributed by atoms with Gasteiger partial charge in [0.15, 0.2) is 11.5 Å². The highest BCUT2D eigenvalue weighted by Gasteiger charge is 2.40. The molecule has 1 aromatic rings. The third-order valence-corrected chi connectivity index (χ3v) is 4.30. The molecule has 1 N–H and O–H groups in total. The number of Topliss-reactive ketones (excluding diaryl/α,β-unsaturated/α-hetero) is 1. The fraction of sp³-hybridized carbons (Fsp3) is 0.357. The first kappa shape index (κ1) is 11.6. The molecule has 0 spiro atoms. The molecule has 102 valence electrons. The van der Waals surface area contributed by atoms with Gasteiger partial charge in [0.05, 0.1) is 17.4 Å². The maximum Gasteiger partial charge on any atom is 0.356 e. The molecule has 1 fully saturated rings. The first-order chi connectivity index (χ1) is 9.66. The zero-order chi connectivity index (χ0) is 13.9. The molecule has 6 nitrogen and oxygen atoms in total. The van der Waals surface area contributed by atoms with Crippen molar-refractivity contribution in [1.29, 1.82) is 0 Å². The Bertz CT molecular complexity index is 699. The van der Waals surface area contributed by atoms with Crippen LogP contribution in [0.4, 0.5) is 0 Å². The lowest BCUT2D eigenvalue weighted by Gasteiger charge is -2.40. The summed E-state index contributed by atoms with van der Waals surface area (Å²) in [6, 6.07) is 0.0513. The Kier molecular flexibility index (Phi) is 2.26. The fourth-order valence-corrected chi connectivity index (χ4v) is 3.21. The number of allylic oxidation sites excluding steroid dienone is 3. The van der Waals surface area contributed by atoms with Gasteiger partial charge >= 0.3 is 5.97 Å². The molecule has 6 heteroatoms. The summed E-state index contributed by atoms with van der Waals surface area (Å²) in [4.78, 5) is 29.7. The average molecular weight is 271 g/mol. The van der Waals surface area contributed by atoms with Gasteiger partial charge in [-0.05, 0) is 12.5 Å². The van der Waals surface area contributed by atoms with E-state index >= 15 is 0 Å². The molecule has 0 amide bonds. The molecular weight excluding hydrogens is 258 g/mol. The normalized spacial score (nSPS) is 24.6. The molecule has 20 heavy (non-hydrogen) atoms. The second-order valence-electron chi connectivity index (χ2n) is 5.32. The van der Waals surface area contributed by atoms with Gasteiger partial charge in [-0.3, -0.25) is 9.69 Å². The summed E-state index contributed by atoms with van der Waals surface area (Å²) in [5.41, 5.74) is 2.35. The number of fused-ring (bicyclic) bond motifs is 4. The maximum atomic E-state index is 12.1. The van der Waals surface area contributed by atoms with E-state index in [9.17, 15) is 14.7 Å². The van der Waals surface area contributed by atoms with Gasteiger partial charge in [0.1, 0.15) is 6.33 Å². The summed E-state index contributed by atoms with van der Waals surface area (Å²) in [6.07, 6.45) is 6.59. The highest BCUT2D eigenvalue weighted by Crippen LogP contribution is 2.41. The van der Waals surface area contributed by atoms with Crippen molar-refractivity contribution in [3.63, 3.8) is 0 Å². The van der Waals surface area contributed by atoms with E-state index < -0.39 is 5.97 Å². The molecule has 0 radical (unpaired) electrons. The van der Waals surface area contributed by atoms with Gasteiger partial charge in [0, 0.05) is 25.1 Å². The van der Waals surface area contributed by atoms with Crippen molar-refractivity contribution in [3.05, 3.63) is 35.4 Å². The van der Waals surface area contributed by atoms with Crippen molar-refractivity contribution in [2.75, 3.05) is 13.1 Å². The van der Waals surface area contributed by atoms with Crippen molar-refractivity contribution in [3.8, 4) is 0 Å². The molecule has 0 bridgehead atoms. The summed E-state index contributed by atoms with van der Waals surface area (Å²) in [5, 5.41) is 9.30. The monoisotopic (exact) mass is 271 g/mol. The lowest BCUT2D eigenvalue weighted by molar-refractivity contribution is -0.115. The van der Waals surface area contributed by atoms with Crippen molar-refractivity contribution in [1.82, 2.24) is 14.5 Å². The number of carbonyl (C=O) groups is 2. The molecule has 0 saturated carbocycles. The summed E-state index contributed by atoms with van der Waals surface area (Å²) >= 11 is 0. The summed E-state index contributed by atoms with van der Waals surface area (Å²) in [6.45, 7) is 1.49. The van der Waals surface area contributed by atoms with Gasteiger partial charge in [-0.2, -0.15) is 0 Å². The molecular formula is C14H13N3O3. The van der Waals surface area contributed by atoms with E-state index in [4.69, 9.17) is 0 Å². The molecule has 1 aromatic heterocycles. The minimum absolute atomic E-state index is 0.0513. The van der Waals surface area contributed by atoms with Gasteiger partial charge in [0.25, 0.3) is 0 Å². The van der Waals surface area contributed by atoms with Crippen LogP contribution in [-0.2, 0) is 4.79 Å². The van der Waals surface area contributed by atoms with Crippen molar-refractivity contribution in [2.24, 2.45) is 0 Å². The Morgan fingerprint density at radius 1 is 1.45 bits per heavy atom. The number of carboxylic acid groups (broad SMARTS) is 1. The summed E-state index contributed by atoms with van der Waals surface area (Å²) < 4.78 is 1.79. The Hall–Kier alpha value is -2.21. The van der Waals surface area contributed by atoms with Crippen LogP contribution in [0.1, 0.15) is 35.1 Å². The number of hydrogen-bond acceptors (Lipinski definition) is 4. The predicted octanol–water partition coefficient (Wildman–Crippen LogP) is 1.08. The Balaban J connectivity index is 1.97. The van der Waals surface area contributed by atoms with E-state index in [2.05, 4.69) is 9.88 Å². The van der Waals surface area contributed by atoms with Gasteiger partial charge in [0.2, 0.25) is 0 Å². The topological polar surface area (TPSA) is 75.4 Å². The zero-order valence-corrected chi connectivity index (χ0v) is 10.7. The third kappa shape index (κ3) is 1.39. The number of aromatic carboxylic acids is 1. The first-order valence-electron chi connectivity index (χ1n) is 6.64. The first-order valence-corrected chi connectivity index (χ1v) is 6.64. The largest absolute Gasteiger partial charge is 0.476 e. The maximum absolute atomic E-state index is 12.1. The van der Waals surface area contributed by atoms with Crippen LogP contribution in [0.2, 0.25) is 0 Å². The Morgan fingerprint density at radius 2 is 2.30 bits per heavy atom. The number of ketones is 1. The van der Waals surface area contributed by atoms with Crippen LogP contribution in [-0.4, -0.2) is 44.4 Å². The number of aromatic nitrogens is 2. The number of hydrogen-bond donors (Lipinski definition) is 1. The van der Waals surface area contributed by atoms with E-state index in [-0.39, 0.29) is 17.5 Å². The van der Waals surface area contributed by atoms with Crippen LogP contribution >= 0.6 is 0 Å². The molecule has 0 aromatic carbocycles. The number of carbonyl (C=O) groups excluding carboxylic acids is 1. The quantitative estimate of drug-likeness (QED) is 0.827. The summed E-state index contributed by atoms with van der Waals surface area (Å²) in [5.74, 6) is -0.896. The number of carboxylic acids is 1. The van der Waals surface area contributed by atoms with Gasteiger partial charge in [-0.1, -0.05) is 6.08 Å². The minimum Gasteiger partial charge on any atom is -0.476 e. The molecule has 1 aliphatic carbocycles. The SMILES string of the molecule is O=C1CC=CC2=C1CN1CC[C@H]1c1c(C(=O)O)ncn12. The highest BCUT2D eigenvalue weighted by atomic mass is 16.4. The highest BCUT2D eigenvalue weighted by molar-refractivity contribution is 6.05. The molecule has 0 unspecified atom stereocenters. The summed E-state index contributed by atoms with van der Waals surface area (Å²) in [7, 11) is 0. The second kappa shape index (κ2) is 3.89. The van der Waals surface area contributed by atoms with Crippen LogP contribution in [0, 0.1) is 0 Å². The van der Waals surface area contributed by atoms with Gasteiger partial charge < -0.3 is 9.67 Å². The second-order valence-corrected chi connectivity index (χ2v) is 5.32. The molecule has 4 rings (SSSR count). The standard InChI is InChI=1S/C14H13N3O3/c18-11-3-1-2-9-8(11)6-16-5-4-10(16)13-12(14(19)20)15-7-17(9)13/h1-2,7,10H,3-6H2,(H,19,20)/t10-/m0/s1. The third-order valence-electron chi connectivity index (χ3n) is 4.30. The van der Waals surface area contributed by atoms with Crippen molar-refractivity contribution < 1.29 is 14.7 Å². The van der Waals surface area contributed by atoms with E-state index in [0.29, 0.717) is 18.7 Å². The van der Waals surface area contributed by atoms with Crippen LogP contribution in [0.5, 0.6) is 0 Å². The van der Waals surface area contributed by atoms with Crippen LogP contribution in [0.3, 0.4) is 0 Å². The minimum atomic E-state index is -1.01. The molecule has 3 heterocycles. The fourth-order valence-electron chi connectivity index (χ4n) is 3.21. The zero-order valence-electron chi connectivity index (χ0n) is 10.7. The molecule has 1 saturated heterocycles. The predicted molar refractivity (Wildman–Crippen MR) is 70.1 cm³/mol. The van der Waals surface area contributed by atoms with Gasteiger partial charge in [-0.25, -0.2) is 9.78 Å². The van der Waals surface area contributed by atoms with Crippen LogP contribution < -0.4 is 0 Å². The van der Waals surface area contributed by atoms with E-state index in [1.807, 2.05) is 12.2 Å². The van der Waals surface area contributed by atoms with Crippen molar-refractivity contribution in [2.45, 2.75) is 18.9 Å². The molecule has 3 aliphatic rings. The van der Waals surface area contributed by atoms with Gasteiger partial charge in [-0.15, -0.1) is 0 Å². The average Bonchev–Trinajstić information content (AvgIpc) is 2.76. The van der Waals surface area contributed by atoms with E-state index in [1.165, 1.54) is 6.33 Å². The molecule has 1 atom stereocenters. The van der Waals surface area contributed by atoms with E-state index in [1.54, 1.807) is 4.57 Å². The van der Waals surface area contributed by atoms with Crippen LogP contribution in [0.15, 0.2) is 24.1 Å². The number of rotatable bonds is 1. The van der Waals surface area contributed by atoms with Crippen LogP contribution in [0.25, 0.3) is 5.70 Å². The number of imidazole rings is 1. The smallest absolute Gasteiger partial charge is 0.356 e. The Morgan fingerprint density at radius 3 is 3.00 bits per heavy atom. The van der Waals surface area contributed by atoms with Crippen molar-refractivity contribution >= 4 is 17.4 Å². The van der Waals surface area contributed by atoms with E-state index in [0.717, 1.165) is 24.2 Å². The Labute approximate surface area is 115 Å². The molecule has 2 aliphatic heterocycles. The lowest BCUT2D eigenvalue weighted by atomic mass is 9.96. The lowest BCUT2D eigenvalue weighted by Crippen LogP contribution is -2.42.